The molecule has 0 bridgehead atoms. The van der Waals surface area contributed by atoms with Crippen LogP contribution in [0.4, 0.5) is 85.1 Å². The predicted molar refractivity (Wildman–Crippen MR) is 214 cm³/mol. The van der Waals surface area contributed by atoms with E-state index in [4.69, 9.17) is 23.4 Å². The summed E-state index contributed by atoms with van der Waals surface area (Å²) in [5.74, 6) is -56.8. The fourth-order valence-corrected chi connectivity index (χ4v) is 11.0. The van der Waals surface area contributed by atoms with Crippen molar-refractivity contribution < 1.29 is 108 Å². The van der Waals surface area contributed by atoms with Crippen LogP contribution in [0.3, 0.4) is 0 Å². The second kappa shape index (κ2) is 22.3. The second-order valence-electron chi connectivity index (χ2n) is 15.8. The number of alkyl halides is 17. The molecule has 68 heavy (non-hydrogen) atoms. The first kappa shape index (κ1) is 59.4. The first-order valence-corrected chi connectivity index (χ1v) is 22.4. The third-order valence-electron chi connectivity index (χ3n) is 10.5. The summed E-state index contributed by atoms with van der Waals surface area (Å²) in [6, 6.07) is 10.7. The van der Waals surface area contributed by atoms with E-state index in [0.29, 0.717) is 22.6 Å². The van der Waals surface area contributed by atoms with Crippen LogP contribution in [0.1, 0.15) is 66.1 Å². The lowest BCUT2D eigenvalue weighted by atomic mass is 9.88. The number of carbonyl (C=O) groups is 2. The molecule has 0 saturated carbocycles. The van der Waals surface area contributed by atoms with Crippen molar-refractivity contribution in [3.05, 3.63) is 77.9 Å². The summed E-state index contributed by atoms with van der Waals surface area (Å²) >= 11 is 0. The molecule has 1 atom stereocenters. The number of ether oxygens (including phenoxy) is 4. The molecule has 26 heteroatoms. The maximum Gasteiger partial charge on any atom is 0.460 e. The molecule has 0 aromatic heterocycles. The highest BCUT2D eigenvalue weighted by molar-refractivity contribution is 6.76. The number of hydrogen-bond donors (Lipinski definition) is 1. The van der Waals surface area contributed by atoms with E-state index in [-0.39, 0.29) is 18.8 Å². The molecule has 1 N–H and O–H groups in total. The van der Waals surface area contributed by atoms with Crippen molar-refractivity contribution in [2.75, 3.05) is 32.2 Å². The van der Waals surface area contributed by atoms with E-state index in [2.05, 4.69) is 5.32 Å². The minimum Gasteiger partial charge on any atom is -0.497 e. The molecule has 0 saturated heterocycles. The molecular weight excluding hydrogens is 982 g/mol. The number of hydrogen-bond acceptors (Lipinski definition) is 7. The molecule has 0 aliphatic heterocycles. The second-order valence-corrected chi connectivity index (χ2v) is 20.8. The monoisotopic (exact) mass is 1030 g/mol. The Hall–Kier alpha value is -4.75. The van der Waals surface area contributed by atoms with E-state index in [1.54, 1.807) is 44.2 Å². The Morgan fingerprint density at radius 3 is 1.63 bits per heavy atom. The number of amides is 1. The quantitative estimate of drug-likeness (QED) is 0.0264. The van der Waals surface area contributed by atoms with Gasteiger partial charge < -0.3 is 23.4 Å². The van der Waals surface area contributed by atoms with Crippen LogP contribution < -0.4 is 14.8 Å². The summed E-state index contributed by atoms with van der Waals surface area (Å²) in [6.07, 6.45) is -7.94. The number of carbonyl (C=O) groups excluding carboxylic acids is 2. The molecular formula is C42H48F17NO7Si. The summed E-state index contributed by atoms with van der Waals surface area (Å²) in [6.45, 7) is 7.77. The van der Waals surface area contributed by atoms with E-state index in [1.165, 1.54) is 71.2 Å². The maximum atomic E-state index is 15.0. The lowest BCUT2D eigenvalue weighted by Crippen LogP contribution is -2.74. The van der Waals surface area contributed by atoms with Gasteiger partial charge in [0.25, 0.3) is 0 Å². The van der Waals surface area contributed by atoms with E-state index >= 15 is 8.78 Å². The van der Waals surface area contributed by atoms with Gasteiger partial charge in [0, 0.05) is 24.6 Å². The number of esters is 1. The van der Waals surface area contributed by atoms with Gasteiger partial charge in [-0.2, -0.15) is 74.6 Å². The molecule has 386 valence electrons. The highest BCUT2D eigenvalue weighted by atomic mass is 28.4. The molecule has 1 amide bonds. The third kappa shape index (κ3) is 12.7. The predicted octanol–water partition coefficient (Wildman–Crippen LogP) is 14.0. The van der Waals surface area contributed by atoms with Gasteiger partial charge in [-0.15, -0.1) is 0 Å². The molecule has 0 radical (unpaired) electrons. The van der Waals surface area contributed by atoms with Crippen LogP contribution in [0.25, 0.3) is 0 Å². The Bertz CT molecular complexity index is 2020. The zero-order valence-corrected chi connectivity index (χ0v) is 38.1. The lowest BCUT2D eigenvalue weighted by Gasteiger charge is -2.44. The van der Waals surface area contributed by atoms with Crippen LogP contribution in [-0.2, 0) is 18.7 Å². The normalized spacial score (nSPS) is 14.6. The SMILES string of the molecule is CCOC(=O)/C=C/C=C(\C)C[C@H](OC(=O)Nc1ccc(OC)cc1)c1ccc(OCCO[Si](CCC(F)(F)C(F)(F)C(F)(F)C(F)(F)C(F)(F)C(F)(F)C(F)(F)C(F)(F)F)(C(C)C)C(C)C)cc1. The fourth-order valence-electron chi connectivity index (χ4n) is 6.55. The summed E-state index contributed by atoms with van der Waals surface area (Å²) in [5, 5.41) is 2.57. The van der Waals surface area contributed by atoms with Gasteiger partial charge in [-0.1, -0.05) is 57.6 Å². The molecule has 0 fully saturated rings. The number of methoxy groups -OCH3 is 1. The van der Waals surface area contributed by atoms with Crippen molar-refractivity contribution in [3.63, 3.8) is 0 Å². The lowest BCUT2D eigenvalue weighted by molar-refractivity contribution is -0.461. The zero-order valence-electron chi connectivity index (χ0n) is 37.1. The smallest absolute Gasteiger partial charge is 0.460 e. The van der Waals surface area contributed by atoms with Crippen molar-refractivity contribution in [3.8, 4) is 11.5 Å². The fraction of sp³-hybridized carbons (Fsp3) is 0.571. The van der Waals surface area contributed by atoms with Gasteiger partial charge in [0.15, 0.2) is 8.32 Å². The Morgan fingerprint density at radius 2 is 1.16 bits per heavy atom. The zero-order chi connectivity index (χ0) is 52.5. The van der Waals surface area contributed by atoms with E-state index in [9.17, 15) is 75.4 Å². The van der Waals surface area contributed by atoms with E-state index < -0.39 is 111 Å². The van der Waals surface area contributed by atoms with Gasteiger partial charge in [-0.05, 0) is 72.9 Å². The standard InChI is InChI=1S/C42H48F17NO7Si/c1-8-64-33(61)11-9-10-27(6)24-32(67-34(62)60-29-14-18-30(63-7)19-15-29)28-12-16-31(17-13-28)65-21-22-66-68(25(2)3,26(4)5)23-20-35(43,44)36(45,46)37(47,48)38(49,50)39(51,52)40(53,54)41(55,56)42(57,58)59/h9-19,25-26,32H,8,20-24H2,1-7H3,(H,60,62)/b11-9+,27-10+/t32-/m0/s1. The summed E-state index contributed by atoms with van der Waals surface area (Å²) in [5.41, 5.74) is -0.361. The van der Waals surface area contributed by atoms with Crippen molar-refractivity contribution >= 4 is 26.1 Å². The van der Waals surface area contributed by atoms with Crippen LogP contribution in [0.2, 0.25) is 17.1 Å². The van der Waals surface area contributed by atoms with E-state index in [0.717, 1.165) is 0 Å². The highest BCUT2D eigenvalue weighted by Gasteiger charge is 2.95. The average molecular weight is 1030 g/mol. The molecule has 0 unspecified atom stereocenters. The van der Waals surface area contributed by atoms with Crippen LogP contribution >= 0.6 is 0 Å². The average Bonchev–Trinajstić information content (AvgIpc) is 3.22. The Morgan fingerprint density at radius 1 is 0.676 bits per heavy atom. The van der Waals surface area contributed by atoms with Gasteiger partial charge in [0.2, 0.25) is 0 Å². The van der Waals surface area contributed by atoms with Gasteiger partial charge in [-0.3, -0.25) is 5.32 Å². The molecule has 0 aliphatic rings. The summed E-state index contributed by atoms with van der Waals surface area (Å²) in [4.78, 5) is 24.6. The van der Waals surface area contributed by atoms with Gasteiger partial charge in [0.1, 0.15) is 24.2 Å². The number of nitrogens with one attached hydrogen (secondary N) is 1. The Labute approximate surface area is 380 Å². The summed E-state index contributed by atoms with van der Waals surface area (Å²) < 4.78 is 263. The number of anilines is 1. The molecule has 2 aromatic rings. The van der Waals surface area contributed by atoms with Crippen molar-refractivity contribution in [1.29, 1.82) is 0 Å². The first-order valence-electron chi connectivity index (χ1n) is 20.1. The number of rotatable bonds is 25. The third-order valence-corrected chi connectivity index (χ3v) is 16.2. The minimum absolute atomic E-state index is 0.0999. The van der Waals surface area contributed by atoms with Gasteiger partial charge >= 0.3 is 59.7 Å². The maximum absolute atomic E-state index is 15.0. The van der Waals surface area contributed by atoms with Crippen molar-refractivity contribution in [1.82, 2.24) is 0 Å². The number of benzene rings is 2. The summed E-state index contributed by atoms with van der Waals surface area (Å²) in [7, 11) is -2.57. The van der Waals surface area contributed by atoms with Gasteiger partial charge in [0.05, 0.1) is 20.3 Å². The highest BCUT2D eigenvalue weighted by Crippen LogP contribution is 2.64. The molecule has 2 rings (SSSR count). The Balaban J connectivity index is 2.30. The van der Waals surface area contributed by atoms with E-state index in [1.807, 2.05) is 0 Å². The van der Waals surface area contributed by atoms with Crippen molar-refractivity contribution in [2.45, 2.75) is 125 Å². The number of allylic oxidation sites excluding steroid dienone is 2. The van der Waals surface area contributed by atoms with Gasteiger partial charge in [-0.25, -0.2) is 9.59 Å². The van der Waals surface area contributed by atoms with Crippen molar-refractivity contribution in [2.24, 2.45) is 0 Å². The topological polar surface area (TPSA) is 92.3 Å². The Kier molecular flexibility index (Phi) is 19.5. The minimum atomic E-state index is -8.70. The van der Waals surface area contributed by atoms with Crippen LogP contribution in [0, 0.1) is 0 Å². The van der Waals surface area contributed by atoms with Crippen LogP contribution in [0.15, 0.2) is 72.3 Å². The van der Waals surface area contributed by atoms with Crippen LogP contribution in [-0.4, -0.2) is 94.9 Å². The molecule has 8 nitrogen and oxygen atoms in total. The molecule has 2 aromatic carbocycles. The number of halogens is 17. The largest absolute Gasteiger partial charge is 0.497 e. The first-order chi connectivity index (χ1) is 30.9. The molecule has 0 spiro atoms. The van der Waals surface area contributed by atoms with Crippen LogP contribution in [0.5, 0.6) is 11.5 Å². The molecule has 0 aliphatic carbocycles. The molecule has 0 heterocycles.